The van der Waals surface area contributed by atoms with Crippen molar-refractivity contribution in [1.82, 2.24) is 5.32 Å². The van der Waals surface area contributed by atoms with Crippen LogP contribution in [0.5, 0.6) is 0 Å². The number of benzene rings is 5. The number of fused-ring (bicyclic) bond motifs is 16. The number of nitrogens with one attached hydrogen (secondary N) is 1. The zero-order valence-electron chi connectivity index (χ0n) is 37.9. The summed E-state index contributed by atoms with van der Waals surface area (Å²) in [5, 5.41) is 7.56. The van der Waals surface area contributed by atoms with Gasteiger partial charge in [-0.15, -0.1) is 0 Å². The van der Waals surface area contributed by atoms with Gasteiger partial charge in [-0.2, -0.15) is 0 Å². The van der Waals surface area contributed by atoms with Crippen molar-refractivity contribution in [2.75, 3.05) is 0 Å². The second-order valence-corrected chi connectivity index (χ2v) is 19.9. The van der Waals surface area contributed by atoms with Crippen LogP contribution in [-0.4, -0.2) is 0 Å². The molecule has 63 heavy (non-hydrogen) atoms. The van der Waals surface area contributed by atoms with Crippen molar-refractivity contribution in [3.8, 4) is 11.1 Å². The van der Waals surface area contributed by atoms with Crippen molar-refractivity contribution in [2.24, 2.45) is 11.3 Å². The van der Waals surface area contributed by atoms with Gasteiger partial charge in [0.1, 0.15) is 11.3 Å². The van der Waals surface area contributed by atoms with Crippen LogP contribution < -0.4 is 5.32 Å². The molecule has 0 bridgehead atoms. The number of hydrogen-bond donors (Lipinski definition) is 1. The van der Waals surface area contributed by atoms with E-state index in [9.17, 15) is 0 Å². The average Bonchev–Trinajstić information content (AvgIpc) is 3.89. The largest absolute Gasteiger partial charge is 0.460 e. The van der Waals surface area contributed by atoms with Gasteiger partial charge in [0.2, 0.25) is 0 Å². The Morgan fingerprint density at radius 1 is 0.667 bits per heavy atom. The van der Waals surface area contributed by atoms with Crippen molar-refractivity contribution in [2.45, 2.75) is 72.1 Å². The molecule has 0 saturated carbocycles. The van der Waals surface area contributed by atoms with Crippen molar-refractivity contribution < 1.29 is 4.42 Å². The predicted octanol–water partition coefficient (Wildman–Crippen LogP) is 15.8. The fourth-order valence-corrected chi connectivity index (χ4v) is 10.8. The van der Waals surface area contributed by atoms with E-state index in [-0.39, 0.29) is 22.7 Å². The summed E-state index contributed by atoms with van der Waals surface area (Å²) in [6.45, 7) is 18.1. The highest BCUT2D eigenvalue weighted by molar-refractivity contribution is 5.99. The molecule has 0 radical (unpaired) electrons. The summed E-state index contributed by atoms with van der Waals surface area (Å²) in [6.07, 6.45) is 13.6. The first-order valence-electron chi connectivity index (χ1n) is 22.6. The Bertz CT molecular complexity index is 3090. The normalized spacial score (nSPS) is 17.4. The van der Waals surface area contributed by atoms with E-state index in [1.165, 1.54) is 72.0 Å². The number of allylic oxidation sites excluding steroid dienone is 5. The van der Waals surface area contributed by atoms with Gasteiger partial charge in [-0.05, 0) is 103 Å². The average molecular weight is 820 g/mol. The predicted molar refractivity (Wildman–Crippen MR) is 266 cm³/mol. The monoisotopic (exact) mass is 819 g/mol. The molecule has 3 aliphatic carbocycles. The SMILES string of the molecule is Cc1ccc2c3c(cccccc(C)c2c1)C1c2oc4ccccc4c2C(N/C=C/C=C(\C=C/c2ccc(C(C)(C)C)cc2)C(C)(C)C)=CC1C31c2ccccc2-c2ccccc21. The number of para-hydroxylation sites is 1. The minimum atomic E-state index is -0.507. The summed E-state index contributed by atoms with van der Waals surface area (Å²) < 4.78 is 7.18. The van der Waals surface area contributed by atoms with E-state index < -0.39 is 5.41 Å². The Balaban J connectivity index is 1.19. The van der Waals surface area contributed by atoms with Crippen LogP contribution in [0.15, 0.2) is 186 Å². The van der Waals surface area contributed by atoms with E-state index in [0.717, 1.165) is 28.0 Å². The number of rotatable bonds is 5. The van der Waals surface area contributed by atoms with Gasteiger partial charge < -0.3 is 9.73 Å². The molecule has 1 N–H and O–H groups in total. The minimum absolute atomic E-state index is 0.00244. The van der Waals surface area contributed by atoms with Crippen LogP contribution in [0.1, 0.15) is 103 Å². The van der Waals surface area contributed by atoms with Crippen LogP contribution in [-0.2, 0) is 10.8 Å². The van der Waals surface area contributed by atoms with Gasteiger partial charge in [0.15, 0.2) is 0 Å². The third-order valence-electron chi connectivity index (χ3n) is 13.8. The van der Waals surface area contributed by atoms with Crippen molar-refractivity contribution in [1.29, 1.82) is 0 Å². The molecule has 0 amide bonds. The Morgan fingerprint density at radius 3 is 2.05 bits per heavy atom. The van der Waals surface area contributed by atoms with Gasteiger partial charge in [-0.25, -0.2) is 0 Å². The Morgan fingerprint density at radius 2 is 1.33 bits per heavy atom. The van der Waals surface area contributed by atoms with Gasteiger partial charge in [0.25, 0.3) is 0 Å². The van der Waals surface area contributed by atoms with E-state index >= 15 is 0 Å². The maximum atomic E-state index is 7.18. The fraction of sp³-hybridized carbons (Fsp3) is 0.213. The molecule has 6 aromatic carbocycles. The van der Waals surface area contributed by atoms with Gasteiger partial charge in [-0.3, -0.25) is 0 Å². The van der Waals surface area contributed by atoms with Gasteiger partial charge in [0.05, 0.1) is 11.3 Å². The van der Waals surface area contributed by atoms with Crippen LogP contribution in [0, 0.1) is 25.2 Å². The lowest BCUT2D eigenvalue weighted by molar-refractivity contribution is 0.406. The first-order chi connectivity index (χ1) is 30.4. The minimum Gasteiger partial charge on any atom is -0.460 e. The number of aryl methyl sites for hydroxylation is 2. The van der Waals surface area contributed by atoms with Crippen LogP contribution in [0.4, 0.5) is 0 Å². The van der Waals surface area contributed by atoms with E-state index in [2.05, 4.69) is 243 Å². The highest BCUT2D eigenvalue weighted by Gasteiger charge is 2.60. The third-order valence-corrected chi connectivity index (χ3v) is 13.8. The first-order valence-corrected chi connectivity index (χ1v) is 22.6. The number of furan rings is 1. The smallest absolute Gasteiger partial charge is 0.135 e. The third kappa shape index (κ3) is 6.70. The molecule has 0 saturated heterocycles. The highest BCUT2D eigenvalue weighted by atomic mass is 16.3. The lowest BCUT2D eigenvalue weighted by Gasteiger charge is -2.38. The van der Waals surface area contributed by atoms with Gasteiger partial charge in [0, 0.05) is 28.8 Å². The van der Waals surface area contributed by atoms with Crippen molar-refractivity contribution in [3.63, 3.8) is 0 Å². The molecule has 0 aliphatic heterocycles. The second-order valence-electron chi connectivity index (χ2n) is 19.9. The molecule has 1 aromatic heterocycles. The van der Waals surface area contributed by atoms with E-state index in [1.54, 1.807) is 0 Å². The zero-order valence-corrected chi connectivity index (χ0v) is 37.9. The maximum Gasteiger partial charge on any atom is 0.135 e. The maximum absolute atomic E-state index is 7.18. The van der Waals surface area contributed by atoms with Gasteiger partial charge >= 0.3 is 0 Å². The van der Waals surface area contributed by atoms with Crippen LogP contribution in [0.2, 0.25) is 0 Å². The fourth-order valence-electron chi connectivity index (χ4n) is 10.8. The molecule has 312 valence electrons. The molecule has 2 unspecified atom stereocenters. The molecule has 2 nitrogen and oxygen atoms in total. The summed E-state index contributed by atoms with van der Waals surface area (Å²) in [6, 6.07) is 54.1. The molecular weight excluding hydrogens is 763 g/mol. The van der Waals surface area contributed by atoms with E-state index in [0.29, 0.717) is 0 Å². The van der Waals surface area contributed by atoms with Crippen LogP contribution >= 0.6 is 0 Å². The summed E-state index contributed by atoms with van der Waals surface area (Å²) in [5.41, 5.74) is 17.0. The van der Waals surface area contributed by atoms with E-state index in [4.69, 9.17) is 4.42 Å². The number of hydrogen-bond acceptors (Lipinski definition) is 2. The van der Waals surface area contributed by atoms with E-state index in [1.807, 2.05) is 0 Å². The molecular formula is C61H57NO. The summed E-state index contributed by atoms with van der Waals surface area (Å²) >= 11 is 0. The summed E-state index contributed by atoms with van der Waals surface area (Å²) in [5.74, 6) is 0.967. The molecule has 0 fully saturated rings. The Labute approximate surface area is 373 Å². The molecule has 2 heteroatoms. The van der Waals surface area contributed by atoms with Gasteiger partial charge in [-0.1, -0.05) is 211 Å². The van der Waals surface area contributed by atoms with Crippen LogP contribution in [0.3, 0.4) is 0 Å². The summed E-state index contributed by atoms with van der Waals surface area (Å²) in [7, 11) is 0. The first kappa shape index (κ1) is 40.4. The highest BCUT2D eigenvalue weighted by Crippen LogP contribution is 2.68. The Kier molecular flexibility index (Phi) is 9.83. The topological polar surface area (TPSA) is 25.2 Å². The lowest BCUT2D eigenvalue weighted by atomic mass is 9.63. The lowest BCUT2D eigenvalue weighted by Crippen LogP contribution is -2.35. The van der Waals surface area contributed by atoms with Crippen molar-refractivity contribution in [3.05, 3.63) is 238 Å². The molecule has 3 aliphatic rings. The molecule has 1 heterocycles. The van der Waals surface area contributed by atoms with Crippen LogP contribution in [0.25, 0.3) is 44.6 Å². The molecule has 1 spiro atoms. The quantitative estimate of drug-likeness (QED) is 0.175. The molecule has 2 atom stereocenters. The Hall–Kier alpha value is -6.64. The standard InChI is InChI=1S/C61H57NO/c1-39-28-35-46-49(37-39)40(2)19-10-9-11-24-48-55-52(61(57(46)48)50-25-15-12-21-44(50)45-22-13-16-26-51(45)61)38-53(56-47-23-14-17-27-54(47)63-58(55)56)62-36-18-20-42(59(3,4)5)32-29-41-30-33-43(34-31-41)60(6,7)8/h9-38,52,55,62H,1-8H3/b10-9?,11-9?,19-10?,24-11?,32-29-,36-18+,40-19?,42-20+,48-24?,49-40?,57-46?. The second kappa shape index (κ2) is 15.3. The molecule has 10 rings (SSSR count). The zero-order chi connectivity index (χ0) is 43.7. The van der Waals surface area contributed by atoms with Crippen molar-refractivity contribution >= 4 is 33.5 Å². The summed E-state index contributed by atoms with van der Waals surface area (Å²) in [4.78, 5) is 0. The molecule has 7 aromatic rings.